The van der Waals surface area contributed by atoms with Gasteiger partial charge in [-0.1, -0.05) is 18.2 Å². The monoisotopic (exact) mass is 275 g/mol. The Labute approximate surface area is 116 Å². The van der Waals surface area contributed by atoms with Crippen molar-refractivity contribution in [3.05, 3.63) is 65.2 Å². The van der Waals surface area contributed by atoms with Gasteiger partial charge in [0.05, 0.1) is 5.54 Å². The molecule has 1 unspecified atom stereocenters. The van der Waals surface area contributed by atoms with E-state index in [0.29, 0.717) is 25.0 Å². The highest BCUT2D eigenvalue weighted by molar-refractivity contribution is 5.37. The Morgan fingerprint density at radius 3 is 2.55 bits per heavy atom. The SMILES string of the molecule is NC1(Cc2cc(F)cc(F)c2)COc2ccccc2C1. The predicted molar refractivity (Wildman–Crippen MR) is 72.6 cm³/mol. The third-order valence-corrected chi connectivity index (χ3v) is 3.51. The largest absolute Gasteiger partial charge is 0.491 e. The minimum Gasteiger partial charge on any atom is -0.491 e. The van der Waals surface area contributed by atoms with Crippen LogP contribution >= 0.6 is 0 Å². The number of hydrogen-bond acceptors (Lipinski definition) is 2. The third kappa shape index (κ3) is 2.65. The van der Waals surface area contributed by atoms with E-state index in [2.05, 4.69) is 0 Å². The Morgan fingerprint density at radius 2 is 1.80 bits per heavy atom. The van der Waals surface area contributed by atoms with Crippen LogP contribution in [0.25, 0.3) is 0 Å². The molecule has 2 aromatic rings. The molecule has 1 aliphatic heterocycles. The van der Waals surface area contributed by atoms with Gasteiger partial charge in [-0.05, 0) is 42.2 Å². The molecule has 0 fully saturated rings. The van der Waals surface area contributed by atoms with Gasteiger partial charge >= 0.3 is 0 Å². The Morgan fingerprint density at radius 1 is 1.10 bits per heavy atom. The summed E-state index contributed by atoms with van der Waals surface area (Å²) in [6.07, 6.45) is 0.997. The number of nitrogens with two attached hydrogens (primary N) is 1. The van der Waals surface area contributed by atoms with Crippen LogP contribution in [0.3, 0.4) is 0 Å². The van der Waals surface area contributed by atoms with Crippen LogP contribution < -0.4 is 10.5 Å². The number of hydrogen-bond donors (Lipinski definition) is 1. The highest BCUT2D eigenvalue weighted by atomic mass is 19.1. The van der Waals surface area contributed by atoms with Gasteiger partial charge in [0.1, 0.15) is 24.0 Å². The lowest BCUT2D eigenvalue weighted by atomic mass is 9.84. The molecule has 0 aliphatic carbocycles. The zero-order chi connectivity index (χ0) is 14.2. The van der Waals surface area contributed by atoms with Crippen molar-refractivity contribution in [1.29, 1.82) is 0 Å². The van der Waals surface area contributed by atoms with Crippen molar-refractivity contribution in [2.24, 2.45) is 5.73 Å². The van der Waals surface area contributed by atoms with Crippen LogP contribution in [0.15, 0.2) is 42.5 Å². The maximum atomic E-state index is 13.2. The Bertz CT molecular complexity index is 624. The van der Waals surface area contributed by atoms with Crippen LogP contribution in [0, 0.1) is 11.6 Å². The summed E-state index contributed by atoms with van der Waals surface area (Å²) in [5.41, 5.74) is 7.27. The van der Waals surface area contributed by atoms with Crippen molar-refractivity contribution in [2.45, 2.75) is 18.4 Å². The summed E-state index contributed by atoms with van der Waals surface area (Å²) in [5.74, 6) is -0.333. The molecule has 104 valence electrons. The van der Waals surface area contributed by atoms with Gasteiger partial charge in [0.2, 0.25) is 0 Å². The summed E-state index contributed by atoms with van der Waals surface area (Å²) in [4.78, 5) is 0. The molecule has 1 atom stereocenters. The highest BCUT2D eigenvalue weighted by Crippen LogP contribution is 2.30. The maximum Gasteiger partial charge on any atom is 0.126 e. The van der Waals surface area contributed by atoms with E-state index in [1.165, 1.54) is 12.1 Å². The maximum absolute atomic E-state index is 13.2. The molecule has 0 radical (unpaired) electrons. The topological polar surface area (TPSA) is 35.2 Å². The number of fused-ring (bicyclic) bond motifs is 1. The van der Waals surface area contributed by atoms with E-state index in [-0.39, 0.29) is 0 Å². The zero-order valence-electron chi connectivity index (χ0n) is 10.9. The van der Waals surface area contributed by atoms with E-state index in [4.69, 9.17) is 10.5 Å². The normalized spacial score (nSPS) is 21.1. The number of benzene rings is 2. The fraction of sp³-hybridized carbons (Fsp3) is 0.250. The van der Waals surface area contributed by atoms with Crippen molar-refractivity contribution in [3.8, 4) is 5.75 Å². The molecule has 0 saturated heterocycles. The molecule has 2 nitrogen and oxygen atoms in total. The van der Waals surface area contributed by atoms with Crippen LogP contribution in [-0.4, -0.2) is 12.1 Å². The molecule has 2 aromatic carbocycles. The molecular weight excluding hydrogens is 260 g/mol. The Kier molecular flexibility index (Phi) is 3.18. The fourth-order valence-electron chi connectivity index (χ4n) is 2.68. The molecule has 0 amide bonds. The first-order valence-electron chi connectivity index (χ1n) is 6.49. The van der Waals surface area contributed by atoms with Gasteiger partial charge in [-0.15, -0.1) is 0 Å². The van der Waals surface area contributed by atoms with Gasteiger partial charge in [-0.25, -0.2) is 8.78 Å². The van der Waals surface area contributed by atoms with Crippen LogP contribution in [-0.2, 0) is 12.8 Å². The van der Waals surface area contributed by atoms with Crippen molar-refractivity contribution < 1.29 is 13.5 Å². The molecule has 4 heteroatoms. The third-order valence-electron chi connectivity index (χ3n) is 3.51. The molecule has 0 spiro atoms. The van der Waals surface area contributed by atoms with E-state index in [9.17, 15) is 8.78 Å². The average Bonchev–Trinajstić information content (AvgIpc) is 2.36. The van der Waals surface area contributed by atoms with Crippen LogP contribution in [0.2, 0.25) is 0 Å². The fourth-order valence-corrected chi connectivity index (χ4v) is 2.68. The van der Waals surface area contributed by atoms with Crippen molar-refractivity contribution in [1.82, 2.24) is 0 Å². The molecule has 0 saturated carbocycles. The van der Waals surface area contributed by atoms with Gasteiger partial charge < -0.3 is 10.5 Å². The second-order valence-corrected chi connectivity index (χ2v) is 5.39. The van der Waals surface area contributed by atoms with Gasteiger partial charge in [0.15, 0.2) is 0 Å². The van der Waals surface area contributed by atoms with Gasteiger partial charge in [0, 0.05) is 6.07 Å². The minimum atomic E-state index is -0.644. The number of para-hydroxylation sites is 1. The van der Waals surface area contributed by atoms with Crippen molar-refractivity contribution in [3.63, 3.8) is 0 Å². The first-order valence-corrected chi connectivity index (χ1v) is 6.49. The summed E-state index contributed by atoms with van der Waals surface area (Å²) in [5, 5.41) is 0. The summed E-state index contributed by atoms with van der Waals surface area (Å²) >= 11 is 0. The molecule has 0 bridgehead atoms. The summed E-state index contributed by atoms with van der Waals surface area (Å²) < 4.78 is 32.1. The number of ether oxygens (including phenoxy) is 1. The molecule has 2 N–H and O–H groups in total. The van der Waals surface area contributed by atoms with Gasteiger partial charge in [-0.3, -0.25) is 0 Å². The lowest BCUT2D eigenvalue weighted by Gasteiger charge is -2.34. The van der Waals surface area contributed by atoms with E-state index in [1.807, 2.05) is 24.3 Å². The van der Waals surface area contributed by atoms with E-state index < -0.39 is 17.2 Å². The van der Waals surface area contributed by atoms with E-state index in [0.717, 1.165) is 17.4 Å². The molecule has 1 aliphatic rings. The predicted octanol–water partition coefficient (Wildman–Crippen LogP) is 2.84. The second kappa shape index (κ2) is 4.87. The second-order valence-electron chi connectivity index (χ2n) is 5.39. The molecule has 1 heterocycles. The number of rotatable bonds is 2. The zero-order valence-corrected chi connectivity index (χ0v) is 10.9. The first-order chi connectivity index (χ1) is 9.54. The van der Waals surface area contributed by atoms with Crippen molar-refractivity contribution in [2.75, 3.05) is 6.61 Å². The molecule has 20 heavy (non-hydrogen) atoms. The lowest BCUT2D eigenvalue weighted by Crippen LogP contribution is -2.51. The van der Waals surface area contributed by atoms with Crippen molar-refractivity contribution >= 4 is 0 Å². The Balaban J connectivity index is 1.84. The van der Waals surface area contributed by atoms with Crippen LogP contribution in [0.4, 0.5) is 8.78 Å². The summed E-state index contributed by atoms with van der Waals surface area (Å²) in [7, 11) is 0. The van der Waals surface area contributed by atoms with Gasteiger partial charge in [-0.2, -0.15) is 0 Å². The Hall–Kier alpha value is -1.94. The average molecular weight is 275 g/mol. The van der Waals surface area contributed by atoms with Gasteiger partial charge in [0.25, 0.3) is 0 Å². The quantitative estimate of drug-likeness (QED) is 0.914. The smallest absolute Gasteiger partial charge is 0.126 e. The molecule has 3 rings (SSSR count). The summed E-state index contributed by atoms with van der Waals surface area (Å²) in [6, 6.07) is 11.2. The lowest BCUT2D eigenvalue weighted by molar-refractivity contribution is 0.189. The van der Waals surface area contributed by atoms with E-state index >= 15 is 0 Å². The summed E-state index contributed by atoms with van der Waals surface area (Å²) in [6.45, 7) is 0.335. The standard InChI is InChI=1S/C16H15F2NO/c17-13-5-11(6-14(18)7-13)8-16(19)9-12-3-1-2-4-15(12)20-10-16/h1-7H,8-10,19H2. The highest BCUT2D eigenvalue weighted by Gasteiger charge is 2.32. The molecule has 0 aromatic heterocycles. The first kappa shape index (κ1) is 13.1. The number of halogens is 2. The van der Waals surface area contributed by atoms with E-state index in [1.54, 1.807) is 0 Å². The minimum absolute atomic E-state index is 0.335. The van der Waals surface area contributed by atoms with Crippen LogP contribution in [0.5, 0.6) is 5.75 Å². The van der Waals surface area contributed by atoms with Crippen LogP contribution in [0.1, 0.15) is 11.1 Å². The molecular formula is C16H15F2NO.